The molecule has 0 N–H and O–H groups in total. The Morgan fingerprint density at radius 3 is 2.60 bits per heavy atom. The van der Waals surface area contributed by atoms with Gasteiger partial charge in [0, 0.05) is 45.5 Å². The highest BCUT2D eigenvalue weighted by atomic mass is 28.3. The monoisotopic (exact) mass is 424 g/mol. The molecule has 4 rings (SSSR count). The number of benzene rings is 1. The molecule has 160 valence electrons. The molecule has 1 saturated heterocycles. The van der Waals surface area contributed by atoms with Crippen molar-refractivity contribution in [2.45, 2.75) is 51.4 Å². The molecule has 2 aromatic heterocycles. The number of hydrogen-bond acceptors (Lipinski definition) is 4. The van der Waals surface area contributed by atoms with Crippen molar-refractivity contribution in [1.29, 1.82) is 0 Å². The zero-order chi connectivity index (χ0) is 21.0. The van der Waals surface area contributed by atoms with Gasteiger partial charge in [-0.1, -0.05) is 50.0 Å². The van der Waals surface area contributed by atoms with Gasteiger partial charge in [-0.25, -0.2) is 4.98 Å². The number of hydrogen-bond donors (Lipinski definition) is 0. The first kappa shape index (κ1) is 21.1. The van der Waals surface area contributed by atoms with Crippen molar-refractivity contribution in [3.8, 4) is 16.9 Å². The van der Waals surface area contributed by atoms with Gasteiger partial charge in [-0.15, -0.1) is 0 Å². The average molecular weight is 425 g/mol. The summed E-state index contributed by atoms with van der Waals surface area (Å²) < 4.78 is 20.1. The van der Waals surface area contributed by atoms with Gasteiger partial charge < -0.3 is 18.8 Å². The van der Waals surface area contributed by atoms with Crippen molar-refractivity contribution in [1.82, 2.24) is 9.55 Å². The maximum atomic E-state index is 6.45. The van der Waals surface area contributed by atoms with Crippen molar-refractivity contribution in [2.24, 2.45) is 0 Å². The van der Waals surface area contributed by atoms with Gasteiger partial charge in [0.1, 0.15) is 24.2 Å². The molecular formula is C24H32N2O3Si. The van der Waals surface area contributed by atoms with E-state index < -0.39 is 8.07 Å². The van der Waals surface area contributed by atoms with Crippen molar-refractivity contribution in [3.05, 3.63) is 48.8 Å². The van der Waals surface area contributed by atoms with Crippen LogP contribution in [0, 0.1) is 0 Å². The second-order valence-electron chi connectivity index (χ2n) is 9.16. The molecular weight excluding hydrogens is 392 g/mol. The van der Waals surface area contributed by atoms with Crippen LogP contribution >= 0.6 is 0 Å². The molecule has 6 heteroatoms. The summed E-state index contributed by atoms with van der Waals surface area (Å²) in [7, 11) is -1.11. The highest BCUT2D eigenvalue weighted by Crippen LogP contribution is 2.37. The summed E-state index contributed by atoms with van der Waals surface area (Å²) in [5.41, 5.74) is 3.20. The van der Waals surface area contributed by atoms with Crippen molar-refractivity contribution in [3.63, 3.8) is 0 Å². The van der Waals surface area contributed by atoms with Crippen LogP contribution in [0.1, 0.15) is 12.8 Å². The SMILES string of the molecule is C[Si](C)(C)CCOCn1cc(-c2ccccc2)c2c(OC3CCOCC3)ccnc21. The summed E-state index contributed by atoms with van der Waals surface area (Å²) in [6.07, 6.45) is 6.02. The molecule has 30 heavy (non-hydrogen) atoms. The van der Waals surface area contributed by atoms with Crippen LogP contribution in [0.5, 0.6) is 5.75 Å². The molecule has 5 nitrogen and oxygen atoms in total. The summed E-state index contributed by atoms with van der Waals surface area (Å²) in [6.45, 7) is 9.92. The van der Waals surface area contributed by atoms with Crippen LogP contribution in [0.25, 0.3) is 22.2 Å². The first-order chi connectivity index (χ1) is 14.5. The third-order valence-electron chi connectivity index (χ3n) is 5.49. The Morgan fingerprint density at radius 1 is 1.10 bits per heavy atom. The van der Waals surface area contributed by atoms with Crippen LogP contribution in [0.15, 0.2) is 48.8 Å². The molecule has 1 fully saturated rings. The molecule has 3 aromatic rings. The van der Waals surface area contributed by atoms with E-state index in [2.05, 4.69) is 54.7 Å². The summed E-state index contributed by atoms with van der Waals surface area (Å²) in [6, 6.07) is 13.6. The molecule has 1 aliphatic rings. The number of nitrogens with zero attached hydrogens (tertiary/aromatic N) is 2. The third-order valence-corrected chi connectivity index (χ3v) is 7.20. The number of aromatic nitrogens is 2. The van der Waals surface area contributed by atoms with E-state index in [4.69, 9.17) is 19.2 Å². The number of ether oxygens (including phenoxy) is 3. The zero-order valence-electron chi connectivity index (χ0n) is 18.3. The smallest absolute Gasteiger partial charge is 0.146 e. The summed E-state index contributed by atoms with van der Waals surface area (Å²) >= 11 is 0. The lowest BCUT2D eigenvalue weighted by molar-refractivity contribution is 0.0262. The Kier molecular flexibility index (Phi) is 6.56. The number of rotatable bonds is 8. The predicted molar refractivity (Wildman–Crippen MR) is 124 cm³/mol. The highest BCUT2D eigenvalue weighted by Gasteiger charge is 2.21. The lowest BCUT2D eigenvalue weighted by Crippen LogP contribution is -2.26. The average Bonchev–Trinajstić information content (AvgIpc) is 3.12. The van der Waals surface area contributed by atoms with Gasteiger partial charge >= 0.3 is 0 Å². The molecule has 0 atom stereocenters. The minimum absolute atomic E-state index is 0.185. The van der Waals surface area contributed by atoms with Crippen LogP contribution in [0.4, 0.5) is 0 Å². The Hall–Kier alpha value is -2.15. The second kappa shape index (κ2) is 9.33. The molecule has 0 spiro atoms. The van der Waals surface area contributed by atoms with Gasteiger partial charge in [0.25, 0.3) is 0 Å². The molecule has 0 saturated carbocycles. The van der Waals surface area contributed by atoms with E-state index in [1.807, 2.05) is 18.3 Å². The van der Waals surface area contributed by atoms with Crippen LogP contribution < -0.4 is 4.74 Å². The number of pyridine rings is 1. The highest BCUT2D eigenvalue weighted by molar-refractivity contribution is 6.76. The first-order valence-corrected chi connectivity index (χ1v) is 14.6. The van der Waals surface area contributed by atoms with Crippen LogP contribution in [0.3, 0.4) is 0 Å². The van der Waals surface area contributed by atoms with E-state index in [1.54, 1.807) is 0 Å². The van der Waals surface area contributed by atoms with E-state index in [9.17, 15) is 0 Å². The van der Waals surface area contributed by atoms with E-state index in [0.717, 1.165) is 66.6 Å². The molecule has 3 heterocycles. The molecule has 1 aliphatic heterocycles. The van der Waals surface area contributed by atoms with Crippen molar-refractivity contribution >= 4 is 19.1 Å². The fourth-order valence-electron chi connectivity index (χ4n) is 3.73. The third kappa shape index (κ3) is 5.12. The first-order valence-electron chi connectivity index (χ1n) is 10.9. The lowest BCUT2D eigenvalue weighted by atomic mass is 10.1. The Balaban J connectivity index is 1.66. The van der Waals surface area contributed by atoms with Crippen LogP contribution in [0.2, 0.25) is 25.7 Å². The molecule has 0 amide bonds. The van der Waals surface area contributed by atoms with Crippen molar-refractivity contribution < 1.29 is 14.2 Å². The number of fused-ring (bicyclic) bond motifs is 1. The zero-order valence-corrected chi connectivity index (χ0v) is 19.3. The van der Waals surface area contributed by atoms with Crippen LogP contribution in [-0.2, 0) is 16.2 Å². The Labute approximate surface area is 180 Å². The minimum Gasteiger partial charge on any atom is -0.489 e. The summed E-state index contributed by atoms with van der Waals surface area (Å²) in [4.78, 5) is 4.70. The largest absolute Gasteiger partial charge is 0.489 e. The van der Waals surface area contributed by atoms with Gasteiger partial charge in [0.05, 0.1) is 18.6 Å². The second-order valence-corrected chi connectivity index (χ2v) is 14.8. The maximum absolute atomic E-state index is 6.45. The predicted octanol–water partition coefficient (Wildman–Crippen LogP) is 5.57. The molecule has 1 aromatic carbocycles. The normalized spacial score (nSPS) is 15.6. The van der Waals surface area contributed by atoms with E-state index >= 15 is 0 Å². The maximum Gasteiger partial charge on any atom is 0.146 e. The van der Waals surface area contributed by atoms with Gasteiger partial charge in [0.15, 0.2) is 0 Å². The van der Waals surface area contributed by atoms with Crippen LogP contribution in [-0.4, -0.2) is 43.5 Å². The minimum atomic E-state index is -1.11. The fourth-order valence-corrected chi connectivity index (χ4v) is 4.49. The Morgan fingerprint density at radius 2 is 1.87 bits per heavy atom. The molecule has 0 aliphatic carbocycles. The topological polar surface area (TPSA) is 45.5 Å². The molecule has 0 radical (unpaired) electrons. The van der Waals surface area contributed by atoms with Gasteiger partial charge in [0.2, 0.25) is 0 Å². The van der Waals surface area contributed by atoms with Gasteiger partial charge in [-0.2, -0.15) is 0 Å². The summed E-state index contributed by atoms with van der Waals surface area (Å²) in [5.74, 6) is 0.895. The Bertz CT molecular complexity index is 960. The van der Waals surface area contributed by atoms with Gasteiger partial charge in [-0.3, -0.25) is 0 Å². The standard InChI is InChI=1S/C24H32N2O3Si/c1-30(2,3)16-15-28-18-26-17-21(19-7-5-4-6-8-19)23-22(9-12-25-24(23)26)29-20-10-13-27-14-11-20/h4-9,12,17,20H,10-11,13-16,18H2,1-3H3. The van der Waals surface area contributed by atoms with E-state index in [-0.39, 0.29) is 6.10 Å². The van der Waals surface area contributed by atoms with Crippen molar-refractivity contribution in [2.75, 3.05) is 19.8 Å². The lowest BCUT2D eigenvalue weighted by Gasteiger charge is -2.23. The fraction of sp³-hybridized carbons (Fsp3) is 0.458. The molecule has 0 unspecified atom stereocenters. The summed E-state index contributed by atoms with van der Waals surface area (Å²) in [5, 5.41) is 1.06. The molecule has 0 bridgehead atoms. The van der Waals surface area contributed by atoms with E-state index in [0.29, 0.717) is 6.73 Å². The quantitative estimate of drug-likeness (QED) is 0.350. The van der Waals surface area contributed by atoms with Gasteiger partial charge in [-0.05, 0) is 17.7 Å². The van der Waals surface area contributed by atoms with E-state index in [1.165, 1.54) is 0 Å².